The molecule has 2 fully saturated rings. The molecule has 2 aromatic rings. The predicted molar refractivity (Wildman–Crippen MR) is 118 cm³/mol. The van der Waals surface area contributed by atoms with Crippen molar-refractivity contribution in [1.82, 2.24) is 9.55 Å². The van der Waals surface area contributed by atoms with Crippen LogP contribution in [0.25, 0.3) is 11.0 Å². The van der Waals surface area contributed by atoms with Gasteiger partial charge in [-0.3, -0.25) is 9.35 Å². The number of aromatic carboxylic acids is 1. The van der Waals surface area contributed by atoms with E-state index in [4.69, 9.17) is 15.1 Å². The second-order valence-corrected chi connectivity index (χ2v) is 9.26. The smallest absolute Gasteiger partial charge is 0.341 e. The molecular formula is C19H24FN5O7S. The molecule has 2 aromatic heterocycles. The summed E-state index contributed by atoms with van der Waals surface area (Å²) in [5, 5.41) is 13.2. The van der Waals surface area contributed by atoms with Crippen LogP contribution in [0.2, 0.25) is 0 Å². The second kappa shape index (κ2) is 9.41. The van der Waals surface area contributed by atoms with Crippen LogP contribution >= 0.6 is 0 Å². The Balaban J connectivity index is 0.000000555. The summed E-state index contributed by atoms with van der Waals surface area (Å²) in [6.07, 6.45) is 3.74. The number of anilines is 1. The molecule has 180 valence electrons. The van der Waals surface area contributed by atoms with Crippen molar-refractivity contribution in [1.29, 1.82) is 0 Å². The number of carboxylic acids is 1. The first-order chi connectivity index (χ1) is 15.4. The second-order valence-electron chi connectivity index (χ2n) is 7.79. The van der Waals surface area contributed by atoms with Gasteiger partial charge in [0.05, 0.1) is 23.9 Å². The van der Waals surface area contributed by atoms with E-state index in [1.807, 2.05) is 0 Å². The van der Waals surface area contributed by atoms with Gasteiger partial charge in [0.25, 0.3) is 10.1 Å². The fourth-order valence-corrected chi connectivity index (χ4v) is 3.60. The van der Waals surface area contributed by atoms with E-state index in [0.29, 0.717) is 31.6 Å². The number of hydrogen-bond acceptors (Lipinski definition) is 9. The Morgan fingerprint density at radius 3 is 2.58 bits per heavy atom. The van der Waals surface area contributed by atoms with E-state index in [9.17, 15) is 27.5 Å². The number of oxime groups is 1. The van der Waals surface area contributed by atoms with Gasteiger partial charge in [-0.2, -0.15) is 8.42 Å². The molecule has 1 saturated carbocycles. The minimum atomic E-state index is -3.67. The molecule has 0 amide bonds. The molecule has 2 aliphatic rings. The first kappa shape index (κ1) is 24.5. The van der Waals surface area contributed by atoms with Gasteiger partial charge in [-0.25, -0.2) is 14.2 Å². The molecule has 0 radical (unpaired) electrons. The fourth-order valence-electron chi connectivity index (χ4n) is 3.60. The van der Waals surface area contributed by atoms with Crippen LogP contribution in [0, 0.1) is 11.7 Å². The summed E-state index contributed by atoms with van der Waals surface area (Å²) in [7, 11) is -2.23. The van der Waals surface area contributed by atoms with Crippen LogP contribution in [0.5, 0.6) is 0 Å². The molecule has 4 N–H and O–H groups in total. The maximum atomic E-state index is 14.9. The number of fused-ring (bicyclic) bond motifs is 1. The Kier molecular flexibility index (Phi) is 7.00. The minimum absolute atomic E-state index is 0.0339. The molecule has 0 bridgehead atoms. The van der Waals surface area contributed by atoms with Gasteiger partial charge in [0.1, 0.15) is 18.3 Å². The van der Waals surface area contributed by atoms with E-state index in [1.54, 1.807) is 9.47 Å². The number of nitrogens with zero attached hydrogens (tertiary/aromatic N) is 4. The molecule has 1 saturated heterocycles. The minimum Gasteiger partial charge on any atom is -0.477 e. The van der Waals surface area contributed by atoms with Gasteiger partial charge in [0.2, 0.25) is 5.43 Å². The number of aromatic nitrogens is 2. The molecule has 1 atom stereocenters. The number of halogens is 1. The summed E-state index contributed by atoms with van der Waals surface area (Å²) in [4.78, 5) is 34.9. The fraction of sp³-hybridized carbons (Fsp3) is 0.474. The number of carboxylic acid groups (broad SMARTS) is 1. The quantitative estimate of drug-likeness (QED) is 0.398. The lowest BCUT2D eigenvalue weighted by Crippen LogP contribution is -2.26. The van der Waals surface area contributed by atoms with Gasteiger partial charge in [-0.15, -0.1) is 0 Å². The zero-order valence-electron chi connectivity index (χ0n) is 17.9. The zero-order chi connectivity index (χ0) is 24.5. The van der Waals surface area contributed by atoms with Crippen molar-refractivity contribution in [3.8, 4) is 0 Å². The molecule has 3 heterocycles. The van der Waals surface area contributed by atoms with Gasteiger partial charge in [-0.05, 0) is 18.9 Å². The third-order valence-corrected chi connectivity index (χ3v) is 5.17. The number of rotatable bonds is 5. The Bertz CT molecular complexity index is 1270. The zero-order valence-corrected chi connectivity index (χ0v) is 18.7. The largest absolute Gasteiger partial charge is 0.477 e. The van der Waals surface area contributed by atoms with Crippen molar-refractivity contribution < 1.29 is 32.1 Å². The SMILES string of the molecule is CO/N=C1/CN(c2nc3c(cc2F)c(=O)c(C(=O)O)cn3C2CC2)CC1CN.CS(=O)(=O)O. The Labute approximate surface area is 188 Å². The van der Waals surface area contributed by atoms with Crippen molar-refractivity contribution in [2.45, 2.75) is 18.9 Å². The summed E-state index contributed by atoms with van der Waals surface area (Å²) in [5.74, 6) is -2.03. The average Bonchev–Trinajstić information content (AvgIpc) is 3.47. The topological polar surface area (TPSA) is 177 Å². The van der Waals surface area contributed by atoms with Gasteiger partial charge in [0, 0.05) is 31.2 Å². The monoisotopic (exact) mass is 485 g/mol. The lowest BCUT2D eigenvalue weighted by Gasteiger charge is -2.19. The molecule has 1 unspecified atom stereocenters. The number of pyridine rings is 2. The van der Waals surface area contributed by atoms with Gasteiger partial charge < -0.3 is 25.1 Å². The molecule has 14 heteroatoms. The number of carbonyl (C=O) groups is 1. The molecule has 0 spiro atoms. The van der Waals surface area contributed by atoms with Crippen LogP contribution in [-0.2, 0) is 15.0 Å². The molecular weight excluding hydrogens is 461 g/mol. The maximum absolute atomic E-state index is 14.9. The van der Waals surface area contributed by atoms with Crippen molar-refractivity contribution >= 4 is 38.7 Å². The number of nitrogens with two attached hydrogens (primary N) is 1. The van der Waals surface area contributed by atoms with Crippen LogP contribution < -0.4 is 16.1 Å². The molecule has 1 aliphatic heterocycles. The average molecular weight is 485 g/mol. The highest BCUT2D eigenvalue weighted by Crippen LogP contribution is 2.37. The van der Waals surface area contributed by atoms with Crippen LogP contribution in [0.15, 0.2) is 22.2 Å². The maximum Gasteiger partial charge on any atom is 0.341 e. The lowest BCUT2D eigenvalue weighted by atomic mass is 10.1. The molecule has 12 nitrogen and oxygen atoms in total. The van der Waals surface area contributed by atoms with Crippen molar-refractivity contribution in [3.63, 3.8) is 0 Å². The number of hydrogen-bond donors (Lipinski definition) is 3. The van der Waals surface area contributed by atoms with Crippen molar-refractivity contribution in [2.75, 3.05) is 37.9 Å². The van der Waals surface area contributed by atoms with E-state index in [0.717, 1.165) is 18.9 Å². The highest BCUT2D eigenvalue weighted by Gasteiger charge is 2.33. The first-order valence-electron chi connectivity index (χ1n) is 9.90. The van der Waals surface area contributed by atoms with E-state index in [-0.39, 0.29) is 34.4 Å². The molecule has 33 heavy (non-hydrogen) atoms. The van der Waals surface area contributed by atoms with Crippen LogP contribution in [0.1, 0.15) is 29.2 Å². The Morgan fingerprint density at radius 1 is 1.42 bits per heavy atom. The standard InChI is InChI=1S/C18H20FN5O4.CH4O3S/c1-28-22-14-8-23(6-9(14)5-20)17-13(19)4-11-15(25)12(18(26)27)7-24(10-2-3-10)16(11)21-17;1-5(2,3)4/h4,7,9-10H,2-3,5-6,8,20H2,1H3,(H,26,27);1H3,(H,2,3,4)/b22-14-;. The summed E-state index contributed by atoms with van der Waals surface area (Å²) >= 11 is 0. The van der Waals surface area contributed by atoms with E-state index in [2.05, 4.69) is 10.1 Å². The van der Waals surface area contributed by atoms with E-state index < -0.39 is 27.3 Å². The summed E-state index contributed by atoms with van der Waals surface area (Å²) in [5.41, 5.74) is 5.65. The predicted octanol–water partition coefficient (Wildman–Crippen LogP) is 0.470. The highest BCUT2D eigenvalue weighted by atomic mass is 32.2. The van der Waals surface area contributed by atoms with Gasteiger partial charge in [0.15, 0.2) is 11.6 Å². The Hall–Kier alpha value is -3.10. The van der Waals surface area contributed by atoms with E-state index >= 15 is 0 Å². The molecule has 0 aromatic carbocycles. The first-order valence-corrected chi connectivity index (χ1v) is 11.8. The lowest BCUT2D eigenvalue weighted by molar-refractivity contribution is 0.0694. The third kappa shape index (κ3) is 5.64. The van der Waals surface area contributed by atoms with Crippen molar-refractivity contribution in [3.05, 3.63) is 33.9 Å². The molecule has 1 aliphatic carbocycles. The van der Waals surface area contributed by atoms with Gasteiger partial charge in [-0.1, -0.05) is 5.16 Å². The van der Waals surface area contributed by atoms with Crippen LogP contribution in [0.4, 0.5) is 10.2 Å². The molecule has 4 rings (SSSR count). The summed E-state index contributed by atoms with van der Waals surface area (Å²) in [6, 6.07) is 1.14. The summed E-state index contributed by atoms with van der Waals surface area (Å²) in [6.45, 7) is 1.07. The normalized spacial score (nSPS) is 19.5. The van der Waals surface area contributed by atoms with E-state index in [1.165, 1.54) is 13.3 Å². The van der Waals surface area contributed by atoms with Crippen LogP contribution in [0.3, 0.4) is 0 Å². The third-order valence-electron chi connectivity index (χ3n) is 5.17. The summed E-state index contributed by atoms with van der Waals surface area (Å²) < 4.78 is 42.4. The highest BCUT2D eigenvalue weighted by molar-refractivity contribution is 7.85. The van der Waals surface area contributed by atoms with Crippen molar-refractivity contribution in [2.24, 2.45) is 16.8 Å². The van der Waals surface area contributed by atoms with Crippen LogP contribution in [-0.4, -0.2) is 72.3 Å². The Morgan fingerprint density at radius 2 is 2.06 bits per heavy atom. The van der Waals surface area contributed by atoms with Gasteiger partial charge >= 0.3 is 5.97 Å².